The Hall–Kier alpha value is -0.443. The van der Waals surface area contributed by atoms with Crippen molar-refractivity contribution in [1.29, 1.82) is 0 Å². The molecule has 0 saturated heterocycles. The van der Waals surface area contributed by atoms with E-state index >= 15 is 0 Å². The van der Waals surface area contributed by atoms with Crippen molar-refractivity contribution in [3.8, 4) is 0 Å². The number of hydrogen-bond acceptors (Lipinski definition) is 3. The minimum Gasteiger partial charge on any atom is -0.421 e. The third kappa shape index (κ3) is 4.09. The SMILES string of the molecule is CC(C)(CN=C=O)O[SiH3]. The molecule has 52 valence electrons. The molecule has 9 heavy (non-hydrogen) atoms. The zero-order valence-electron chi connectivity index (χ0n) is 5.97. The fraction of sp³-hybridized carbons (Fsp3) is 0.800. The van der Waals surface area contributed by atoms with Crippen LogP contribution in [0.1, 0.15) is 13.8 Å². The largest absolute Gasteiger partial charge is 0.421 e. The van der Waals surface area contributed by atoms with E-state index < -0.39 is 0 Å². The van der Waals surface area contributed by atoms with E-state index in [0.29, 0.717) is 17.0 Å². The second-order valence-electron chi connectivity index (χ2n) is 2.37. The second-order valence-corrected chi connectivity index (χ2v) is 2.78. The smallest absolute Gasteiger partial charge is 0.235 e. The Balaban J connectivity index is 3.71. The first kappa shape index (κ1) is 8.56. The molecule has 0 saturated carbocycles. The molecule has 0 aromatic heterocycles. The molecule has 0 rings (SSSR count). The number of nitrogens with zero attached hydrogens (tertiary/aromatic N) is 1. The van der Waals surface area contributed by atoms with E-state index in [-0.39, 0.29) is 5.60 Å². The lowest BCUT2D eigenvalue weighted by molar-refractivity contribution is 0.134. The van der Waals surface area contributed by atoms with Crippen molar-refractivity contribution in [2.75, 3.05) is 6.54 Å². The molecule has 0 spiro atoms. The maximum Gasteiger partial charge on any atom is 0.235 e. The summed E-state index contributed by atoms with van der Waals surface area (Å²) in [7, 11) is 0.674. The molecule has 0 aliphatic carbocycles. The Morgan fingerprint density at radius 1 is 1.78 bits per heavy atom. The summed E-state index contributed by atoms with van der Waals surface area (Å²) in [5.41, 5.74) is -0.274. The molecule has 0 aliphatic heterocycles. The average Bonchev–Trinajstić information content (AvgIpc) is 1.84. The van der Waals surface area contributed by atoms with Gasteiger partial charge in [-0.15, -0.1) is 0 Å². The second kappa shape index (κ2) is 3.56. The molecule has 0 N–H and O–H groups in total. The molecular weight excluding hydrogens is 134 g/mol. The lowest BCUT2D eigenvalue weighted by atomic mass is 10.1. The number of carbonyl (C=O) groups excluding carboxylic acids is 1. The molecule has 3 nitrogen and oxygen atoms in total. The first-order valence-electron chi connectivity index (χ1n) is 2.71. The van der Waals surface area contributed by atoms with Gasteiger partial charge in [-0.05, 0) is 13.8 Å². The maximum atomic E-state index is 9.63. The molecular formula is C5H11NO2Si. The van der Waals surface area contributed by atoms with Gasteiger partial charge in [0.05, 0.1) is 12.1 Å². The third-order valence-electron chi connectivity index (χ3n) is 1.08. The van der Waals surface area contributed by atoms with E-state index in [4.69, 9.17) is 4.43 Å². The summed E-state index contributed by atoms with van der Waals surface area (Å²) >= 11 is 0. The summed E-state index contributed by atoms with van der Waals surface area (Å²) in [6.07, 6.45) is 1.47. The van der Waals surface area contributed by atoms with Crippen molar-refractivity contribution in [2.24, 2.45) is 4.99 Å². The number of isocyanates is 1. The van der Waals surface area contributed by atoms with Crippen LogP contribution in [0.2, 0.25) is 0 Å². The number of hydrogen-bond donors (Lipinski definition) is 0. The van der Waals surface area contributed by atoms with E-state index in [1.807, 2.05) is 13.8 Å². The Morgan fingerprint density at radius 3 is 2.67 bits per heavy atom. The highest BCUT2D eigenvalue weighted by molar-refractivity contribution is 5.98. The summed E-state index contributed by atoms with van der Waals surface area (Å²) in [5.74, 6) is 0. The Morgan fingerprint density at radius 2 is 2.33 bits per heavy atom. The van der Waals surface area contributed by atoms with Crippen LogP contribution in [0.5, 0.6) is 0 Å². The molecule has 0 aromatic rings. The van der Waals surface area contributed by atoms with Crippen LogP contribution >= 0.6 is 0 Å². The Bertz CT molecular complexity index is 129. The lowest BCUT2D eigenvalue weighted by Crippen LogP contribution is -2.26. The van der Waals surface area contributed by atoms with Gasteiger partial charge < -0.3 is 4.43 Å². The third-order valence-corrected chi connectivity index (χ3v) is 2.18. The predicted molar refractivity (Wildman–Crippen MR) is 38.1 cm³/mol. The summed E-state index contributed by atoms with van der Waals surface area (Å²) < 4.78 is 5.11. The molecule has 0 aliphatic rings. The van der Waals surface area contributed by atoms with Gasteiger partial charge in [-0.1, -0.05) is 0 Å². The van der Waals surface area contributed by atoms with Gasteiger partial charge in [0.25, 0.3) is 0 Å². The van der Waals surface area contributed by atoms with E-state index in [9.17, 15) is 4.79 Å². The standard InChI is InChI=1S/C5H11NO2Si/c1-5(2,8-9)3-6-4-7/h3H2,1-2,9H3. The zero-order chi connectivity index (χ0) is 7.33. The van der Waals surface area contributed by atoms with Crippen LogP contribution < -0.4 is 0 Å². The molecule has 0 radical (unpaired) electrons. The summed E-state index contributed by atoms with van der Waals surface area (Å²) in [5, 5.41) is 0. The minimum absolute atomic E-state index is 0.274. The highest BCUT2D eigenvalue weighted by Crippen LogP contribution is 2.05. The first-order valence-corrected chi connectivity index (χ1v) is 3.53. The Labute approximate surface area is 57.7 Å². The topological polar surface area (TPSA) is 38.7 Å². The van der Waals surface area contributed by atoms with Gasteiger partial charge in [0.15, 0.2) is 0 Å². The van der Waals surface area contributed by atoms with Crippen molar-refractivity contribution in [2.45, 2.75) is 19.4 Å². The zero-order valence-corrected chi connectivity index (χ0v) is 7.97. The van der Waals surface area contributed by atoms with Crippen LogP contribution in [-0.4, -0.2) is 28.7 Å². The highest BCUT2D eigenvalue weighted by atomic mass is 28.2. The molecule has 0 aromatic carbocycles. The van der Waals surface area contributed by atoms with E-state index in [1.165, 1.54) is 6.08 Å². The monoisotopic (exact) mass is 145 g/mol. The molecule has 0 fully saturated rings. The molecule has 0 amide bonds. The quantitative estimate of drug-likeness (QED) is 0.302. The van der Waals surface area contributed by atoms with E-state index in [0.717, 1.165) is 0 Å². The van der Waals surface area contributed by atoms with Gasteiger partial charge in [-0.2, -0.15) is 0 Å². The van der Waals surface area contributed by atoms with Crippen LogP contribution in [-0.2, 0) is 9.22 Å². The molecule has 0 bridgehead atoms. The fourth-order valence-electron chi connectivity index (χ4n) is 0.287. The Kier molecular flexibility index (Phi) is 3.38. The fourth-order valence-corrected chi connectivity index (χ4v) is 0.416. The van der Waals surface area contributed by atoms with Gasteiger partial charge >= 0.3 is 0 Å². The number of aliphatic imine (C=N–C) groups is 1. The molecule has 0 atom stereocenters. The summed E-state index contributed by atoms with van der Waals surface area (Å²) in [6.45, 7) is 4.18. The van der Waals surface area contributed by atoms with Crippen molar-refractivity contribution < 1.29 is 9.22 Å². The van der Waals surface area contributed by atoms with Gasteiger partial charge in [-0.25, -0.2) is 9.79 Å². The van der Waals surface area contributed by atoms with Crippen LogP contribution in [0.25, 0.3) is 0 Å². The minimum atomic E-state index is -0.274. The van der Waals surface area contributed by atoms with E-state index in [2.05, 4.69) is 4.99 Å². The van der Waals surface area contributed by atoms with Gasteiger partial charge in [-0.3, -0.25) is 0 Å². The molecule has 0 heterocycles. The summed E-state index contributed by atoms with van der Waals surface area (Å²) in [4.78, 5) is 13.0. The van der Waals surface area contributed by atoms with Gasteiger partial charge in [0.1, 0.15) is 10.5 Å². The van der Waals surface area contributed by atoms with Crippen LogP contribution in [0.4, 0.5) is 0 Å². The van der Waals surface area contributed by atoms with Gasteiger partial charge in [0.2, 0.25) is 6.08 Å². The van der Waals surface area contributed by atoms with Crippen molar-refractivity contribution in [1.82, 2.24) is 0 Å². The first-order chi connectivity index (χ1) is 4.12. The molecule has 0 unspecified atom stereocenters. The average molecular weight is 145 g/mol. The van der Waals surface area contributed by atoms with E-state index in [1.54, 1.807) is 0 Å². The van der Waals surface area contributed by atoms with Crippen molar-refractivity contribution in [3.63, 3.8) is 0 Å². The molecule has 4 heteroatoms. The van der Waals surface area contributed by atoms with Gasteiger partial charge in [0, 0.05) is 0 Å². The van der Waals surface area contributed by atoms with Crippen LogP contribution in [0, 0.1) is 0 Å². The van der Waals surface area contributed by atoms with Crippen molar-refractivity contribution >= 4 is 16.6 Å². The summed E-state index contributed by atoms with van der Waals surface area (Å²) in [6, 6.07) is 0. The van der Waals surface area contributed by atoms with Crippen LogP contribution in [0.15, 0.2) is 4.99 Å². The maximum absolute atomic E-state index is 9.63. The van der Waals surface area contributed by atoms with Crippen molar-refractivity contribution in [3.05, 3.63) is 0 Å². The lowest BCUT2D eigenvalue weighted by Gasteiger charge is -2.19. The highest BCUT2D eigenvalue weighted by Gasteiger charge is 2.13. The normalized spacial score (nSPS) is 10.9. The van der Waals surface area contributed by atoms with Crippen LogP contribution in [0.3, 0.4) is 0 Å². The number of rotatable bonds is 3. The predicted octanol–water partition coefficient (Wildman–Crippen LogP) is -0.602.